The lowest BCUT2D eigenvalue weighted by Crippen LogP contribution is -2.04. The Balaban J connectivity index is 2.30. The summed E-state index contributed by atoms with van der Waals surface area (Å²) >= 11 is 3.42. The largest absolute Gasteiger partial charge is 0.389 e. The van der Waals surface area contributed by atoms with Gasteiger partial charge in [-0.15, -0.1) is 0 Å². The molecule has 0 saturated heterocycles. The van der Waals surface area contributed by atoms with Crippen LogP contribution in [0.4, 0.5) is 0 Å². The van der Waals surface area contributed by atoms with E-state index in [0.717, 1.165) is 28.0 Å². The van der Waals surface area contributed by atoms with Crippen molar-refractivity contribution in [3.63, 3.8) is 0 Å². The third-order valence-corrected chi connectivity index (χ3v) is 3.63. The van der Waals surface area contributed by atoms with Crippen molar-refractivity contribution in [2.75, 3.05) is 0 Å². The molecule has 0 aliphatic carbocycles. The van der Waals surface area contributed by atoms with E-state index in [-0.39, 0.29) is 0 Å². The first kappa shape index (κ1) is 13.3. The van der Waals surface area contributed by atoms with Crippen molar-refractivity contribution in [2.45, 2.75) is 33.4 Å². The minimum atomic E-state index is -0.469. The summed E-state index contributed by atoms with van der Waals surface area (Å²) in [5.41, 5.74) is 4.07. The minimum absolute atomic E-state index is 0.469. The number of benzene rings is 1. The highest BCUT2D eigenvalue weighted by atomic mass is 79.9. The van der Waals surface area contributed by atoms with Crippen LogP contribution < -0.4 is 0 Å². The van der Waals surface area contributed by atoms with Gasteiger partial charge in [0.1, 0.15) is 0 Å². The summed E-state index contributed by atoms with van der Waals surface area (Å²) in [7, 11) is 0. The van der Waals surface area contributed by atoms with Crippen LogP contribution in [0.3, 0.4) is 0 Å². The fourth-order valence-corrected chi connectivity index (χ4v) is 2.50. The number of rotatable bonds is 3. The van der Waals surface area contributed by atoms with Crippen molar-refractivity contribution < 1.29 is 5.11 Å². The number of aromatic nitrogens is 2. The van der Waals surface area contributed by atoms with Crippen LogP contribution in [0.1, 0.15) is 35.5 Å². The highest BCUT2D eigenvalue weighted by molar-refractivity contribution is 9.10. The molecule has 18 heavy (non-hydrogen) atoms. The van der Waals surface area contributed by atoms with Gasteiger partial charge in [-0.05, 0) is 38.5 Å². The smallest absolute Gasteiger partial charge is 0.0797 e. The number of aryl methyl sites for hydroxylation is 1. The molecule has 1 unspecified atom stereocenters. The van der Waals surface area contributed by atoms with Crippen LogP contribution in [0.15, 0.2) is 28.7 Å². The van der Waals surface area contributed by atoms with Crippen LogP contribution in [0, 0.1) is 13.8 Å². The van der Waals surface area contributed by atoms with Gasteiger partial charge in [0.15, 0.2) is 0 Å². The summed E-state index contributed by atoms with van der Waals surface area (Å²) in [5, 5.41) is 14.2. The summed E-state index contributed by atoms with van der Waals surface area (Å²) in [6.45, 7) is 6.45. The van der Waals surface area contributed by atoms with Gasteiger partial charge in [0, 0.05) is 15.7 Å². The highest BCUT2D eigenvalue weighted by Crippen LogP contribution is 2.22. The molecule has 4 heteroatoms. The molecule has 0 spiro atoms. The Bertz CT molecular complexity index is 544. The molecule has 3 nitrogen and oxygen atoms in total. The van der Waals surface area contributed by atoms with Crippen molar-refractivity contribution in [1.29, 1.82) is 0 Å². The number of nitrogens with zero attached hydrogens (tertiary/aromatic N) is 2. The Hall–Kier alpha value is -1.13. The van der Waals surface area contributed by atoms with Crippen molar-refractivity contribution in [2.24, 2.45) is 0 Å². The van der Waals surface area contributed by atoms with Crippen LogP contribution >= 0.6 is 15.9 Å². The zero-order valence-electron chi connectivity index (χ0n) is 10.8. The number of hydrogen-bond donors (Lipinski definition) is 1. The molecule has 0 bridgehead atoms. The summed E-state index contributed by atoms with van der Waals surface area (Å²) in [6.07, 6.45) is -0.469. The van der Waals surface area contributed by atoms with Crippen LogP contribution in [-0.4, -0.2) is 14.9 Å². The lowest BCUT2D eigenvalue weighted by atomic mass is 10.1. The molecule has 0 fully saturated rings. The van der Waals surface area contributed by atoms with E-state index in [1.165, 1.54) is 5.56 Å². The predicted molar refractivity (Wildman–Crippen MR) is 75.6 cm³/mol. The van der Waals surface area contributed by atoms with Crippen LogP contribution in [0.25, 0.3) is 0 Å². The van der Waals surface area contributed by atoms with E-state index in [1.807, 2.05) is 30.7 Å². The third-order valence-electron chi connectivity index (χ3n) is 3.10. The molecular weight excluding hydrogens is 292 g/mol. The maximum Gasteiger partial charge on any atom is 0.0797 e. The van der Waals surface area contributed by atoms with Crippen molar-refractivity contribution >= 4 is 15.9 Å². The zero-order valence-corrected chi connectivity index (χ0v) is 12.4. The van der Waals surface area contributed by atoms with Gasteiger partial charge in [0.05, 0.1) is 18.3 Å². The number of hydrogen-bond acceptors (Lipinski definition) is 2. The third kappa shape index (κ3) is 2.65. The number of halogens is 1. The fraction of sp³-hybridized carbons (Fsp3) is 0.357. The van der Waals surface area contributed by atoms with E-state index < -0.39 is 6.10 Å². The van der Waals surface area contributed by atoms with E-state index in [0.29, 0.717) is 0 Å². The monoisotopic (exact) mass is 308 g/mol. The van der Waals surface area contributed by atoms with Crippen LogP contribution in [0.5, 0.6) is 0 Å². The van der Waals surface area contributed by atoms with E-state index in [2.05, 4.69) is 33.2 Å². The molecule has 2 aromatic rings. The second-order valence-electron chi connectivity index (χ2n) is 4.54. The van der Waals surface area contributed by atoms with Gasteiger partial charge in [0.25, 0.3) is 0 Å². The van der Waals surface area contributed by atoms with Crippen molar-refractivity contribution in [3.8, 4) is 0 Å². The molecule has 0 saturated carbocycles. The Labute approximate surface area is 116 Å². The molecule has 2 rings (SSSR count). The maximum atomic E-state index is 9.74. The maximum absolute atomic E-state index is 9.74. The molecule has 96 valence electrons. The zero-order chi connectivity index (χ0) is 13.3. The van der Waals surface area contributed by atoms with Gasteiger partial charge in [-0.2, -0.15) is 5.10 Å². The lowest BCUT2D eigenvalue weighted by molar-refractivity contribution is 0.197. The summed E-state index contributed by atoms with van der Waals surface area (Å²) in [5.74, 6) is 0. The first-order chi connectivity index (χ1) is 8.49. The average Bonchev–Trinajstić information content (AvgIpc) is 2.57. The molecular formula is C14H17BrN2O. The Morgan fingerprint density at radius 1 is 1.28 bits per heavy atom. The molecule has 1 aromatic heterocycles. The first-order valence-electron chi connectivity index (χ1n) is 5.95. The SMILES string of the molecule is Cc1nn(Cc2ccc(Br)cc2)c(C)c1C(C)O. The summed E-state index contributed by atoms with van der Waals surface area (Å²) < 4.78 is 3.02. The molecule has 1 heterocycles. The van der Waals surface area contributed by atoms with Gasteiger partial charge >= 0.3 is 0 Å². The quantitative estimate of drug-likeness (QED) is 0.944. The summed E-state index contributed by atoms with van der Waals surface area (Å²) in [4.78, 5) is 0. The first-order valence-corrected chi connectivity index (χ1v) is 6.74. The summed E-state index contributed by atoms with van der Waals surface area (Å²) in [6, 6.07) is 8.19. The standard InChI is InChI=1S/C14H17BrN2O/c1-9-14(11(3)18)10(2)17(16-9)8-12-4-6-13(15)7-5-12/h4-7,11,18H,8H2,1-3H3. The van der Waals surface area contributed by atoms with Crippen molar-refractivity contribution in [1.82, 2.24) is 9.78 Å². The molecule has 1 atom stereocenters. The van der Waals surface area contributed by atoms with Crippen molar-refractivity contribution in [3.05, 3.63) is 51.3 Å². The van der Waals surface area contributed by atoms with Gasteiger partial charge in [0.2, 0.25) is 0 Å². The molecule has 0 amide bonds. The molecule has 1 aromatic carbocycles. The van der Waals surface area contributed by atoms with E-state index in [4.69, 9.17) is 0 Å². The molecule has 0 radical (unpaired) electrons. The Morgan fingerprint density at radius 2 is 1.89 bits per heavy atom. The van der Waals surface area contributed by atoms with Gasteiger partial charge < -0.3 is 5.11 Å². The highest BCUT2D eigenvalue weighted by Gasteiger charge is 2.15. The van der Waals surface area contributed by atoms with Gasteiger partial charge in [-0.1, -0.05) is 28.1 Å². The van der Waals surface area contributed by atoms with Crippen LogP contribution in [0.2, 0.25) is 0 Å². The number of aliphatic hydroxyl groups is 1. The molecule has 1 N–H and O–H groups in total. The van der Waals surface area contributed by atoms with Gasteiger partial charge in [-0.25, -0.2) is 0 Å². The Kier molecular flexibility index (Phi) is 3.88. The Morgan fingerprint density at radius 3 is 2.39 bits per heavy atom. The second-order valence-corrected chi connectivity index (χ2v) is 5.46. The topological polar surface area (TPSA) is 38.0 Å². The van der Waals surface area contributed by atoms with E-state index in [1.54, 1.807) is 6.92 Å². The normalized spacial score (nSPS) is 12.7. The molecule has 0 aliphatic heterocycles. The van der Waals surface area contributed by atoms with Crippen LogP contribution in [-0.2, 0) is 6.54 Å². The fourth-order valence-electron chi connectivity index (χ4n) is 2.23. The van der Waals surface area contributed by atoms with E-state index in [9.17, 15) is 5.11 Å². The predicted octanol–water partition coefficient (Wildman–Crippen LogP) is 3.36. The van der Waals surface area contributed by atoms with Gasteiger partial charge in [-0.3, -0.25) is 4.68 Å². The number of aliphatic hydroxyl groups excluding tert-OH is 1. The second kappa shape index (κ2) is 5.24. The molecule has 0 aliphatic rings. The van der Waals surface area contributed by atoms with E-state index >= 15 is 0 Å². The average molecular weight is 309 g/mol. The lowest BCUT2D eigenvalue weighted by Gasteiger charge is -2.07. The minimum Gasteiger partial charge on any atom is -0.389 e.